The van der Waals surface area contributed by atoms with Crippen molar-refractivity contribution in [1.29, 1.82) is 0 Å². The second-order valence-corrected chi connectivity index (χ2v) is 1.69. The molecule has 0 heterocycles. The Kier molecular flexibility index (Phi) is 3.19. The maximum Gasteiger partial charge on any atom is 0.347 e. The molecule has 0 saturated heterocycles. The Hall–Kier alpha value is -1.43. The molecule has 6 heteroatoms. The molecule has 0 bridgehead atoms. The molecule has 0 rings (SSSR count). The largest absolute Gasteiger partial charge is 0.347 e. The van der Waals surface area contributed by atoms with Gasteiger partial charge < -0.3 is 0 Å². The van der Waals surface area contributed by atoms with Gasteiger partial charge in [-0.05, 0) is 6.58 Å². The summed E-state index contributed by atoms with van der Waals surface area (Å²) in [6.07, 6.45) is 0. The first kappa shape index (κ1) is 9.57. The van der Waals surface area contributed by atoms with E-state index in [0.717, 1.165) is 5.06 Å². The van der Waals surface area contributed by atoms with Crippen molar-refractivity contribution in [3.63, 3.8) is 0 Å². The Bertz CT molecular complexity index is 201. The first-order valence-electron chi connectivity index (χ1n) is 2.66. The first-order chi connectivity index (χ1) is 5.00. The molecule has 62 valence electrons. The summed E-state index contributed by atoms with van der Waals surface area (Å²) in [6, 6.07) is 0. The average Bonchev–Trinajstić information content (AvgIpc) is 2.00. The van der Waals surface area contributed by atoms with E-state index in [2.05, 4.69) is 11.4 Å². The second-order valence-electron chi connectivity index (χ2n) is 1.69. The lowest BCUT2D eigenvalue weighted by molar-refractivity contribution is -0.420. The van der Waals surface area contributed by atoms with Crippen molar-refractivity contribution in [2.24, 2.45) is 0 Å². The Labute approximate surface area is 63.2 Å². The number of rotatable bonds is 3. The van der Waals surface area contributed by atoms with E-state index < -0.39 is 16.5 Å². The van der Waals surface area contributed by atoms with E-state index in [1.807, 2.05) is 0 Å². The fraction of sp³-hybridized carbons (Fsp3) is 0.400. The third kappa shape index (κ3) is 2.34. The molecule has 0 radical (unpaired) electrons. The SMILES string of the molecule is C=C(C(=O)N(C)OC)[N+](=O)[O-]. The van der Waals surface area contributed by atoms with E-state index in [1.165, 1.54) is 14.2 Å². The lowest BCUT2D eigenvalue weighted by Gasteiger charge is -2.10. The van der Waals surface area contributed by atoms with Gasteiger partial charge in [0.25, 0.3) is 0 Å². The van der Waals surface area contributed by atoms with Crippen LogP contribution in [0.2, 0.25) is 0 Å². The van der Waals surface area contributed by atoms with E-state index in [-0.39, 0.29) is 0 Å². The Morgan fingerprint density at radius 1 is 1.73 bits per heavy atom. The predicted octanol–water partition coefficient (Wildman–Crippen LogP) is -0.203. The zero-order valence-corrected chi connectivity index (χ0v) is 6.23. The third-order valence-corrected chi connectivity index (χ3v) is 1.03. The van der Waals surface area contributed by atoms with Gasteiger partial charge in [0.1, 0.15) is 0 Å². The highest BCUT2D eigenvalue weighted by Gasteiger charge is 2.22. The molecule has 0 fully saturated rings. The molecule has 6 nitrogen and oxygen atoms in total. The number of carbonyl (C=O) groups is 1. The molecule has 0 aromatic carbocycles. The topological polar surface area (TPSA) is 72.7 Å². The normalized spacial score (nSPS) is 8.91. The number of carbonyl (C=O) groups excluding carboxylic acids is 1. The van der Waals surface area contributed by atoms with Gasteiger partial charge in [-0.25, -0.2) is 5.06 Å². The van der Waals surface area contributed by atoms with Crippen LogP contribution in [0.5, 0.6) is 0 Å². The quantitative estimate of drug-likeness (QED) is 0.325. The monoisotopic (exact) mass is 160 g/mol. The van der Waals surface area contributed by atoms with Crippen molar-refractivity contribution in [2.75, 3.05) is 14.2 Å². The highest BCUT2D eigenvalue weighted by Crippen LogP contribution is 1.96. The Morgan fingerprint density at radius 3 is 2.45 bits per heavy atom. The number of amides is 1. The van der Waals surface area contributed by atoms with Crippen molar-refractivity contribution in [3.8, 4) is 0 Å². The summed E-state index contributed by atoms with van der Waals surface area (Å²) < 4.78 is 0. The molecule has 0 saturated carbocycles. The van der Waals surface area contributed by atoms with E-state index >= 15 is 0 Å². The highest BCUT2D eigenvalue weighted by molar-refractivity contribution is 5.89. The van der Waals surface area contributed by atoms with Crippen LogP contribution in [-0.4, -0.2) is 30.1 Å². The molecule has 1 amide bonds. The smallest absolute Gasteiger partial charge is 0.274 e. The minimum Gasteiger partial charge on any atom is -0.274 e. The summed E-state index contributed by atoms with van der Waals surface area (Å²) in [7, 11) is 2.49. The van der Waals surface area contributed by atoms with Crippen LogP contribution in [0.15, 0.2) is 12.3 Å². The Morgan fingerprint density at radius 2 is 2.18 bits per heavy atom. The first-order valence-corrected chi connectivity index (χ1v) is 2.66. The van der Waals surface area contributed by atoms with Gasteiger partial charge in [0.15, 0.2) is 0 Å². The minimum absolute atomic E-state index is 0.714. The Balaban J connectivity index is 4.26. The molecule has 0 aromatic rings. The molecule has 0 spiro atoms. The van der Waals surface area contributed by atoms with Crippen LogP contribution in [-0.2, 0) is 9.63 Å². The fourth-order valence-electron chi connectivity index (χ4n) is 0.343. The van der Waals surface area contributed by atoms with Gasteiger partial charge in [-0.15, -0.1) is 0 Å². The number of hydrogen-bond donors (Lipinski definition) is 0. The van der Waals surface area contributed by atoms with Crippen LogP contribution in [0.25, 0.3) is 0 Å². The maximum absolute atomic E-state index is 10.8. The summed E-state index contributed by atoms with van der Waals surface area (Å²) in [5.41, 5.74) is -0.714. The molecule has 11 heavy (non-hydrogen) atoms. The molecular weight excluding hydrogens is 152 g/mol. The molecule has 0 unspecified atom stereocenters. The van der Waals surface area contributed by atoms with Gasteiger partial charge in [0, 0.05) is 7.05 Å². The van der Waals surface area contributed by atoms with Crippen molar-refractivity contribution >= 4 is 5.91 Å². The standard InChI is InChI=1S/C5H8N2O4/c1-4(7(9)10)5(8)6(2)11-3/h1H2,2-3H3. The molecule has 0 aliphatic heterocycles. The van der Waals surface area contributed by atoms with Gasteiger partial charge in [0.2, 0.25) is 0 Å². The minimum atomic E-state index is -0.863. The maximum atomic E-state index is 10.8. The average molecular weight is 160 g/mol. The van der Waals surface area contributed by atoms with Crippen LogP contribution < -0.4 is 0 Å². The summed E-state index contributed by atoms with van der Waals surface area (Å²) in [6.45, 7) is 2.95. The van der Waals surface area contributed by atoms with Gasteiger partial charge >= 0.3 is 11.6 Å². The van der Waals surface area contributed by atoms with Crippen molar-refractivity contribution < 1.29 is 14.6 Å². The van der Waals surface area contributed by atoms with Gasteiger partial charge in [-0.2, -0.15) is 0 Å². The summed E-state index contributed by atoms with van der Waals surface area (Å²) >= 11 is 0. The van der Waals surface area contributed by atoms with Crippen LogP contribution in [0.4, 0.5) is 0 Å². The summed E-state index contributed by atoms with van der Waals surface area (Å²) in [4.78, 5) is 24.3. The fourth-order valence-corrected chi connectivity index (χ4v) is 0.343. The number of hydroxylamine groups is 2. The van der Waals surface area contributed by atoms with E-state index in [1.54, 1.807) is 0 Å². The van der Waals surface area contributed by atoms with Gasteiger partial charge in [0.05, 0.1) is 12.0 Å². The number of nitrogens with zero attached hydrogens (tertiary/aromatic N) is 2. The van der Waals surface area contributed by atoms with Crippen molar-refractivity contribution in [2.45, 2.75) is 0 Å². The number of likely N-dealkylation sites (N-methyl/N-ethyl adjacent to an activating group) is 1. The van der Waals surface area contributed by atoms with Crippen LogP contribution in [0.3, 0.4) is 0 Å². The van der Waals surface area contributed by atoms with Crippen LogP contribution in [0, 0.1) is 10.1 Å². The molecule has 0 atom stereocenters. The van der Waals surface area contributed by atoms with E-state index in [9.17, 15) is 14.9 Å². The van der Waals surface area contributed by atoms with Gasteiger partial charge in [-0.1, -0.05) is 0 Å². The van der Waals surface area contributed by atoms with E-state index in [4.69, 9.17) is 0 Å². The molecule has 0 N–H and O–H groups in total. The van der Waals surface area contributed by atoms with Crippen molar-refractivity contribution in [3.05, 3.63) is 22.4 Å². The molecule has 0 aliphatic rings. The lowest BCUT2D eigenvalue weighted by atomic mass is 10.5. The van der Waals surface area contributed by atoms with Crippen molar-refractivity contribution in [1.82, 2.24) is 5.06 Å². The second kappa shape index (κ2) is 3.67. The molecule has 0 aromatic heterocycles. The zero-order chi connectivity index (χ0) is 9.02. The summed E-state index contributed by atoms with van der Waals surface area (Å²) in [5.74, 6) is -0.863. The summed E-state index contributed by atoms with van der Waals surface area (Å²) in [5, 5.41) is 10.7. The van der Waals surface area contributed by atoms with Crippen LogP contribution in [0.1, 0.15) is 0 Å². The van der Waals surface area contributed by atoms with Gasteiger partial charge in [-0.3, -0.25) is 19.7 Å². The highest BCUT2D eigenvalue weighted by atomic mass is 16.7. The third-order valence-electron chi connectivity index (χ3n) is 1.03. The molecule has 0 aliphatic carbocycles. The van der Waals surface area contributed by atoms with E-state index in [0.29, 0.717) is 0 Å². The number of hydrogen-bond acceptors (Lipinski definition) is 4. The zero-order valence-electron chi connectivity index (χ0n) is 6.23. The van der Waals surface area contributed by atoms with Crippen LogP contribution >= 0.6 is 0 Å². The predicted molar refractivity (Wildman–Crippen MR) is 35.9 cm³/mol. The lowest BCUT2D eigenvalue weighted by Crippen LogP contribution is -2.29. The number of nitro groups is 1. The molecular formula is C5H8N2O4.